The third-order valence-electron chi connectivity index (χ3n) is 4.11. The van der Waals surface area contributed by atoms with Crippen LogP contribution in [0.3, 0.4) is 0 Å². The molecule has 3 aromatic rings. The average Bonchev–Trinajstić information content (AvgIpc) is 2.86. The number of Topliss-reactive ketones (excluding diaryl/α,β-unsaturated/α-hetero) is 2. The molecule has 0 atom stereocenters. The van der Waals surface area contributed by atoms with Gasteiger partial charge in [0.15, 0.2) is 11.6 Å². The smallest absolute Gasteiger partial charge is 0.335 e. The normalized spacial score (nSPS) is 8.88. The topological polar surface area (TPSA) is 130 Å². The van der Waals surface area contributed by atoms with Gasteiger partial charge in [0.2, 0.25) is 0 Å². The Morgan fingerprint density at radius 3 is 1.15 bits per heavy atom. The van der Waals surface area contributed by atoms with Gasteiger partial charge in [0.25, 0.3) is 0 Å². The van der Waals surface area contributed by atoms with Crippen molar-refractivity contribution in [2.45, 2.75) is 13.8 Å². The summed E-state index contributed by atoms with van der Waals surface area (Å²) in [7, 11) is 4.14. The van der Waals surface area contributed by atoms with E-state index in [1.54, 1.807) is 62.6 Å². The Morgan fingerprint density at radius 1 is 0.588 bits per heavy atom. The summed E-state index contributed by atoms with van der Waals surface area (Å²) in [4.78, 5) is 31.8. The van der Waals surface area contributed by atoms with Gasteiger partial charge in [-0.15, -0.1) is 0 Å². The maximum Gasteiger partial charge on any atom is 0.335 e. The average molecular weight is 471 g/mol. The van der Waals surface area contributed by atoms with Crippen LogP contribution in [0.2, 0.25) is 0 Å². The maximum absolute atomic E-state index is 10.8. The fourth-order valence-electron chi connectivity index (χ4n) is 2.26. The Bertz CT molecular complexity index is 951. The second kappa shape index (κ2) is 16.5. The Hall–Kier alpha value is -4.17. The second-order valence-corrected chi connectivity index (χ2v) is 6.42. The SMILES string of the molecule is CC(=O)c1ccc(O)cc1.CO.COc1ccc(C(=O)O)cc1.COc1ccc(C(C)=O)cc1. The maximum atomic E-state index is 10.8. The number of ether oxygens (including phenoxy) is 2. The van der Waals surface area contributed by atoms with Crippen LogP contribution >= 0.6 is 0 Å². The number of methoxy groups -OCH3 is 2. The van der Waals surface area contributed by atoms with Crippen LogP contribution in [0.15, 0.2) is 72.8 Å². The van der Waals surface area contributed by atoms with Gasteiger partial charge in [0, 0.05) is 18.2 Å². The molecule has 0 aliphatic carbocycles. The molecule has 3 rings (SSSR count). The van der Waals surface area contributed by atoms with Gasteiger partial charge < -0.3 is 24.8 Å². The van der Waals surface area contributed by atoms with Crippen LogP contribution in [0.1, 0.15) is 44.9 Å². The van der Waals surface area contributed by atoms with Gasteiger partial charge in [-0.2, -0.15) is 0 Å². The highest BCUT2D eigenvalue weighted by molar-refractivity contribution is 5.94. The van der Waals surface area contributed by atoms with Gasteiger partial charge in [-0.1, -0.05) is 0 Å². The van der Waals surface area contributed by atoms with Gasteiger partial charge in [0.05, 0.1) is 19.8 Å². The van der Waals surface area contributed by atoms with E-state index in [9.17, 15) is 14.4 Å². The van der Waals surface area contributed by atoms with Gasteiger partial charge in [-0.25, -0.2) is 4.79 Å². The molecule has 0 radical (unpaired) electrons. The Balaban J connectivity index is 0.000000463. The number of aromatic hydroxyl groups is 1. The predicted octanol–water partition coefficient (Wildman–Crippen LogP) is 4.49. The summed E-state index contributed by atoms with van der Waals surface area (Å²) in [5.74, 6) is 0.787. The molecule has 8 nitrogen and oxygen atoms in total. The molecule has 0 aromatic heterocycles. The van der Waals surface area contributed by atoms with Gasteiger partial charge in [-0.3, -0.25) is 9.59 Å². The summed E-state index contributed by atoms with van der Waals surface area (Å²) >= 11 is 0. The van der Waals surface area contributed by atoms with Crippen molar-refractivity contribution in [2.75, 3.05) is 21.3 Å². The molecule has 3 N–H and O–H groups in total. The van der Waals surface area contributed by atoms with E-state index in [4.69, 9.17) is 24.8 Å². The molecule has 0 unspecified atom stereocenters. The molecule has 0 amide bonds. The van der Waals surface area contributed by atoms with Crippen molar-refractivity contribution in [3.63, 3.8) is 0 Å². The highest BCUT2D eigenvalue weighted by Crippen LogP contribution is 2.12. The molecule has 0 saturated heterocycles. The zero-order valence-electron chi connectivity index (χ0n) is 19.8. The van der Waals surface area contributed by atoms with E-state index in [1.807, 2.05) is 0 Å². The molecule has 0 bridgehead atoms. The van der Waals surface area contributed by atoms with E-state index in [0.29, 0.717) is 16.9 Å². The van der Waals surface area contributed by atoms with E-state index in [-0.39, 0.29) is 22.9 Å². The van der Waals surface area contributed by atoms with E-state index in [1.165, 1.54) is 38.3 Å². The molecular weight excluding hydrogens is 440 g/mol. The van der Waals surface area contributed by atoms with Gasteiger partial charge in [0.1, 0.15) is 17.2 Å². The number of hydrogen-bond acceptors (Lipinski definition) is 7. The summed E-state index contributed by atoms with van der Waals surface area (Å²) < 4.78 is 9.79. The second-order valence-electron chi connectivity index (χ2n) is 6.42. The molecule has 0 spiro atoms. The van der Waals surface area contributed by atoms with Crippen molar-refractivity contribution < 1.29 is 39.2 Å². The number of rotatable bonds is 5. The summed E-state index contributed by atoms with van der Waals surface area (Å²) in [5, 5.41) is 24.3. The summed E-state index contributed by atoms with van der Waals surface area (Å²) in [6.45, 7) is 3.04. The van der Waals surface area contributed by atoms with E-state index < -0.39 is 5.97 Å². The lowest BCUT2D eigenvalue weighted by atomic mass is 10.1. The molecule has 0 aliphatic rings. The number of benzene rings is 3. The van der Waals surface area contributed by atoms with Crippen molar-refractivity contribution in [3.05, 3.63) is 89.5 Å². The van der Waals surface area contributed by atoms with Crippen molar-refractivity contribution in [1.82, 2.24) is 0 Å². The number of phenolic OH excluding ortho intramolecular Hbond substituents is 1. The minimum atomic E-state index is -0.923. The Morgan fingerprint density at radius 2 is 0.882 bits per heavy atom. The third kappa shape index (κ3) is 11.4. The van der Waals surface area contributed by atoms with Crippen LogP contribution in [-0.2, 0) is 0 Å². The van der Waals surface area contributed by atoms with Crippen molar-refractivity contribution in [2.24, 2.45) is 0 Å². The number of aromatic carboxylic acids is 1. The third-order valence-corrected chi connectivity index (χ3v) is 4.11. The number of hydrogen-bond donors (Lipinski definition) is 3. The first-order valence-electron chi connectivity index (χ1n) is 9.95. The van der Waals surface area contributed by atoms with Gasteiger partial charge >= 0.3 is 5.97 Å². The monoisotopic (exact) mass is 470 g/mol. The van der Waals surface area contributed by atoms with E-state index in [2.05, 4.69) is 0 Å². The molecule has 3 aromatic carbocycles. The molecular formula is C26H30O8. The standard InChI is InChI=1S/C9H10O2.C8H8O3.C8H8O2.CH4O/c1-7(10)8-3-5-9(11-2)6-4-8;1-11-7-4-2-6(3-5-7)8(9)10;1-6(9)7-2-4-8(10)5-3-7;1-2/h3-6H,1-2H3;2-5H,1H3,(H,9,10);2-5,10H,1H3;2H,1H3. The highest BCUT2D eigenvalue weighted by atomic mass is 16.5. The van der Waals surface area contributed by atoms with Crippen LogP contribution in [0.25, 0.3) is 0 Å². The van der Waals surface area contributed by atoms with Crippen LogP contribution in [-0.4, -0.2) is 54.2 Å². The number of aliphatic hydroxyl groups is 1. The lowest BCUT2D eigenvalue weighted by Crippen LogP contribution is -1.95. The number of carbonyl (C=O) groups excluding carboxylic acids is 2. The lowest BCUT2D eigenvalue weighted by Gasteiger charge is -1.98. The van der Waals surface area contributed by atoms with E-state index in [0.717, 1.165) is 12.9 Å². The summed E-state index contributed by atoms with van der Waals surface area (Å²) in [6.07, 6.45) is 0. The first-order chi connectivity index (χ1) is 16.2. The predicted molar refractivity (Wildman–Crippen MR) is 129 cm³/mol. The van der Waals surface area contributed by atoms with Crippen molar-refractivity contribution in [1.29, 1.82) is 0 Å². The minimum Gasteiger partial charge on any atom is -0.508 e. The van der Waals surface area contributed by atoms with Crippen LogP contribution < -0.4 is 9.47 Å². The van der Waals surface area contributed by atoms with Crippen LogP contribution in [0.5, 0.6) is 17.2 Å². The van der Waals surface area contributed by atoms with E-state index >= 15 is 0 Å². The fourth-order valence-corrected chi connectivity index (χ4v) is 2.26. The minimum absolute atomic E-state index is 0.0139. The van der Waals surface area contributed by atoms with Crippen molar-refractivity contribution in [3.8, 4) is 17.2 Å². The molecule has 0 saturated carbocycles. The zero-order chi connectivity index (χ0) is 26.1. The number of phenols is 1. The number of ketones is 2. The molecule has 182 valence electrons. The largest absolute Gasteiger partial charge is 0.508 e. The quantitative estimate of drug-likeness (QED) is 0.465. The zero-order valence-corrected chi connectivity index (χ0v) is 19.8. The van der Waals surface area contributed by atoms with Crippen molar-refractivity contribution >= 4 is 17.5 Å². The number of aliphatic hydroxyl groups excluding tert-OH is 1. The highest BCUT2D eigenvalue weighted by Gasteiger charge is 2.00. The molecule has 34 heavy (non-hydrogen) atoms. The number of carboxylic acids is 1. The Labute approximate surface area is 199 Å². The number of carboxylic acid groups (broad SMARTS) is 1. The molecule has 0 fully saturated rings. The molecule has 0 aliphatic heterocycles. The van der Waals surface area contributed by atoms with Gasteiger partial charge in [-0.05, 0) is 86.6 Å². The first-order valence-corrected chi connectivity index (χ1v) is 9.95. The summed E-state index contributed by atoms with van der Waals surface area (Å²) in [6, 6.07) is 19.5. The molecule has 8 heteroatoms. The van der Waals surface area contributed by atoms with Crippen LogP contribution in [0.4, 0.5) is 0 Å². The van der Waals surface area contributed by atoms with Crippen LogP contribution in [0, 0.1) is 0 Å². The molecule has 0 heterocycles. The fraction of sp³-hybridized carbons (Fsp3) is 0.192. The first kappa shape index (κ1) is 29.8. The lowest BCUT2D eigenvalue weighted by molar-refractivity contribution is 0.0696. The Kier molecular flexibility index (Phi) is 14.4. The summed E-state index contributed by atoms with van der Waals surface area (Å²) in [5.41, 5.74) is 1.61. The number of carbonyl (C=O) groups is 3.